The van der Waals surface area contributed by atoms with Crippen LogP contribution in [0.4, 0.5) is 13.2 Å². The van der Waals surface area contributed by atoms with Crippen molar-refractivity contribution in [2.75, 3.05) is 7.05 Å². The van der Waals surface area contributed by atoms with Crippen LogP contribution in [-0.4, -0.2) is 29.8 Å². The smallest absolute Gasteiger partial charge is 0.475 e. The zero-order valence-electron chi connectivity index (χ0n) is 7.99. The highest BCUT2D eigenvalue weighted by molar-refractivity contribution is 5.73. The zero-order valence-corrected chi connectivity index (χ0v) is 7.99. The minimum Gasteiger partial charge on any atom is -0.475 e. The molecule has 6 heteroatoms. The molecule has 0 saturated carbocycles. The van der Waals surface area contributed by atoms with Crippen LogP contribution in [0.2, 0.25) is 0 Å². The summed E-state index contributed by atoms with van der Waals surface area (Å²) in [6, 6.07) is 0. The Hall–Kier alpha value is -0.780. The van der Waals surface area contributed by atoms with E-state index in [1.54, 1.807) is 0 Å². The molecule has 0 aliphatic rings. The van der Waals surface area contributed by atoms with Gasteiger partial charge in [0.05, 0.1) is 0 Å². The topological polar surface area (TPSA) is 49.3 Å². The van der Waals surface area contributed by atoms with E-state index in [1.165, 1.54) is 0 Å². The number of hydrogen-bond acceptors (Lipinski definition) is 2. The summed E-state index contributed by atoms with van der Waals surface area (Å²) in [6.07, 6.45) is -5.08. The Morgan fingerprint density at radius 1 is 1.23 bits per heavy atom. The highest BCUT2D eigenvalue weighted by atomic mass is 19.4. The van der Waals surface area contributed by atoms with Crippen LogP contribution < -0.4 is 5.32 Å². The molecule has 0 heterocycles. The van der Waals surface area contributed by atoms with Gasteiger partial charge in [-0.3, -0.25) is 0 Å². The average Bonchev–Trinajstić information content (AvgIpc) is 1.85. The van der Waals surface area contributed by atoms with Gasteiger partial charge in [0.15, 0.2) is 0 Å². The van der Waals surface area contributed by atoms with Crippen molar-refractivity contribution >= 4 is 5.97 Å². The summed E-state index contributed by atoms with van der Waals surface area (Å²) in [7, 11) is 1.96. The van der Waals surface area contributed by atoms with E-state index in [9.17, 15) is 13.2 Å². The van der Waals surface area contributed by atoms with Crippen molar-refractivity contribution in [3.63, 3.8) is 0 Å². The van der Waals surface area contributed by atoms with Gasteiger partial charge in [0, 0.05) is 5.54 Å². The molecule has 3 nitrogen and oxygen atoms in total. The van der Waals surface area contributed by atoms with E-state index < -0.39 is 12.1 Å². The average molecular weight is 201 g/mol. The summed E-state index contributed by atoms with van der Waals surface area (Å²) in [5.74, 6) is -2.76. The molecule has 0 spiro atoms. The number of aliphatic carboxylic acids is 1. The van der Waals surface area contributed by atoms with Gasteiger partial charge in [-0.2, -0.15) is 13.2 Å². The Labute approximate surface area is 74.9 Å². The van der Waals surface area contributed by atoms with E-state index in [0.29, 0.717) is 5.54 Å². The zero-order chi connectivity index (χ0) is 11.3. The summed E-state index contributed by atoms with van der Waals surface area (Å²) >= 11 is 0. The van der Waals surface area contributed by atoms with Crippen LogP contribution in [0.5, 0.6) is 0 Å². The number of alkyl halides is 3. The van der Waals surface area contributed by atoms with E-state index in [-0.39, 0.29) is 0 Å². The van der Waals surface area contributed by atoms with Gasteiger partial charge in [-0.05, 0) is 27.8 Å². The van der Waals surface area contributed by atoms with Crippen molar-refractivity contribution in [3.8, 4) is 0 Å². The molecule has 0 aromatic rings. The van der Waals surface area contributed by atoms with Crippen LogP contribution in [-0.2, 0) is 4.79 Å². The van der Waals surface area contributed by atoms with Crippen molar-refractivity contribution in [2.45, 2.75) is 32.5 Å². The number of halogens is 3. The molecule has 0 aliphatic carbocycles. The maximum atomic E-state index is 10.6. The lowest BCUT2D eigenvalue weighted by atomic mass is 10.1. The first-order valence-corrected chi connectivity index (χ1v) is 3.49. The van der Waals surface area contributed by atoms with E-state index in [1.807, 2.05) is 7.05 Å². The lowest BCUT2D eigenvalue weighted by molar-refractivity contribution is -0.192. The molecule has 0 atom stereocenters. The molecule has 0 bridgehead atoms. The van der Waals surface area contributed by atoms with Gasteiger partial charge in [-0.1, -0.05) is 0 Å². The fourth-order valence-corrected chi connectivity index (χ4v) is 0. The van der Waals surface area contributed by atoms with Crippen LogP contribution in [0.3, 0.4) is 0 Å². The summed E-state index contributed by atoms with van der Waals surface area (Å²) in [4.78, 5) is 8.90. The molecule has 0 aliphatic heterocycles. The van der Waals surface area contributed by atoms with Crippen LogP contribution >= 0.6 is 0 Å². The fraction of sp³-hybridized carbons (Fsp3) is 0.857. The standard InChI is InChI=1S/C5H13N.C2HF3O2/c1-5(2,3)6-4;3-2(4,5)1(6)7/h6H,1-4H3;(H,6,7). The Kier molecular flexibility index (Phi) is 5.73. The maximum Gasteiger partial charge on any atom is 0.490 e. The first-order valence-electron chi connectivity index (χ1n) is 3.49. The Bertz CT molecular complexity index is 160. The van der Waals surface area contributed by atoms with Crippen LogP contribution in [0.25, 0.3) is 0 Å². The third-order valence-corrected chi connectivity index (χ3v) is 0.993. The quantitative estimate of drug-likeness (QED) is 0.626. The van der Waals surface area contributed by atoms with Crippen LogP contribution in [0.1, 0.15) is 20.8 Å². The maximum absolute atomic E-state index is 10.6. The molecule has 2 N–H and O–H groups in total. The summed E-state index contributed by atoms with van der Waals surface area (Å²) in [5, 5.41) is 10.2. The number of rotatable bonds is 0. The van der Waals surface area contributed by atoms with Gasteiger partial charge in [-0.15, -0.1) is 0 Å². The second kappa shape index (κ2) is 5.06. The fourth-order valence-electron chi connectivity index (χ4n) is 0. The predicted molar refractivity (Wildman–Crippen MR) is 42.5 cm³/mol. The van der Waals surface area contributed by atoms with Gasteiger partial charge < -0.3 is 10.4 Å². The van der Waals surface area contributed by atoms with E-state index in [0.717, 1.165) is 0 Å². The lowest BCUT2D eigenvalue weighted by Crippen LogP contribution is -2.31. The third kappa shape index (κ3) is 14.1. The second-order valence-corrected chi connectivity index (χ2v) is 3.30. The Balaban J connectivity index is 0. The summed E-state index contributed by atoms with van der Waals surface area (Å²) in [6.45, 7) is 6.40. The normalized spacial score (nSPS) is 11.6. The SMILES string of the molecule is CNC(C)(C)C.O=C(O)C(F)(F)F. The first kappa shape index (κ1) is 14.7. The van der Waals surface area contributed by atoms with E-state index in [4.69, 9.17) is 9.90 Å². The van der Waals surface area contributed by atoms with Crippen LogP contribution in [0, 0.1) is 0 Å². The van der Waals surface area contributed by atoms with Gasteiger partial charge >= 0.3 is 12.1 Å². The molecule has 0 amide bonds. The number of carboxylic acid groups (broad SMARTS) is 1. The highest BCUT2D eigenvalue weighted by Gasteiger charge is 2.38. The number of carboxylic acids is 1. The van der Waals surface area contributed by atoms with Crippen molar-refractivity contribution < 1.29 is 23.1 Å². The molecule has 13 heavy (non-hydrogen) atoms. The number of carbonyl (C=O) groups is 1. The molecule has 0 aromatic carbocycles. The first-order chi connectivity index (χ1) is 5.50. The van der Waals surface area contributed by atoms with Crippen molar-refractivity contribution in [3.05, 3.63) is 0 Å². The summed E-state index contributed by atoms with van der Waals surface area (Å²) < 4.78 is 31.7. The Morgan fingerprint density at radius 3 is 1.38 bits per heavy atom. The van der Waals surface area contributed by atoms with Gasteiger partial charge in [-0.25, -0.2) is 4.79 Å². The van der Waals surface area contributed by atoms with Crippen LogP contribution in [0.15, 0.2) is 0 Å². The predicted octanol–water partition coefficient (Wildman–Crippen LogP) is 1.64. The molecule has 0 rings (SSSR count). The number of nitrogens with one attached hydrogen (secondary N) is 1. The molecule has 0 radical (unpaired) electrons. The highest BCUT2D eigenvalue weighted by Crippen LogP contribution is 2.13. The molecule has 0 fully saturated rings. The second-order valence-electron chi connectivity index (χ2n) is 3.30. The summed E-state index contributed by atoms with van der Waals surface area (Å²) in [5.41, 5.74) is 0.292. The lowest BCUT2D eigenvalue weighted by Gasteiger charge is -2.15. The molecular weight excluding hydrogens is 187 g/mol. The van der Waals surface area contributed by atoms with Crippen molar-refractivity contribution in [2.24, 2.45) is 0 Å². The van der Waals surface area contributed by atoms with Crippen molar-refractivity contribution in [1.82, 2.24) is 5.32 Å². The minimum absolute atomic E-state index is 0.292. The molecule has 80 valence electrons. The number of hydrogen-bond donors (Lipinski definition) is 2. The largest absolute Gasteiger partial charge is 0.490 e. The molecule has 0 unspecified atom stereocenters. The minimum atomic E-state index is -5.08. The molecule has 0 aromatic heterocycles. The van der Waals surface area contributed by atoms with E-state index in [2.05, 4.69) is 26.1 Å². The van der Waals surface area contributed by atoms with Gasteiger partial charge in [0.25, 0.3) is 0 Å². The van der Waals surface area contributed by atoms with Gasteiger partial charge in [0.2, 0.25) is 0 Å². The van der Waals surface area contributed by atoms with Gasteiger partial charge in [0.1, 0.15) is 0 Å². The van der Waals surface area contributed by atoms with E-state index >= 15 is 0 Å². The third-order valence-electron chi connectivity index (χ3n) is 0.993. The molecule has 0 saturated heterocycles. The molecular formula is C7H14F3NO2. The monoisotopic (exact) mass is 201 g/mol. The van der Waals surface area contributed by atoms with Crippen molar-refractivity contribution in [1.29, 1.82) is 0 Å². The Morgan fingerprint density at radius 2 is 1.38 bits per heavy atom.